The van der Waals surface area contributed by atoms with Crippen molar-refractivity contribution in [2.75, 3.05) is 0 Å². The fraction of sp³-hybridized carbons (Fsp3) is 0.0833. The van der Waals surface area contributed by atoms with Gasteiger partial charge in [0.25, 0.3) is 0 Å². The topological polar surface area (TPSA) is 12.9 Å². The molecular formula is C12H6F5NS. The minimum absolute atomic E-state index is 0.573. The smallest absolute Gasteiger partial charge is 0.200 e. The summed E-state index contributed by atoms with van der Waals surface area (Å²) in [5.74, 6) is -9.79. The van der Waals surface area contributed by atoms with Gasteiger partial charge in [0, 0.05) is 4.88 Å². The minimum atomic E-state index is -2.17. The van der Waals surface area contributed by atoms with Crippen molar-refractivity contribution in [2.45, 2.75) is 6.92 Å². The van der Waals surface area contributed by atoms with Crippen LogP contribution in [0.5, 0.6) is 0 Å². The predicted molar refractivity (Wildman–Crippen MR) is 62.0 cm³/mol. The molecule has 7 heteroatoms. The number of aromatic nitrogens is 1. The molecule has 0 fully saturated rings. The summed E-state index contributed by atoms with van der Waals surface area (Å²) in [7, 11) is 0. The molecule has 0 amide bonds. The first-order valence-corrected chi connectivity index (χ1v) is 5.91. The van der Waals surface area contributed by atoms with Crippen LogP contribution >= 0.6 is 11.3 Å². The number of benzene rings is 1. The standard InChI is InChI=1S/C12H6F5NS/c1-5-7(19-4-18-5)3-2-6-8(13)10(15)12(17)11(16)9(6)14/h2-4H,1H3/b3-2+. The Balaban J connectivity index is 2.52. The molecule has 0 aliphatic carbocycles. The van der Waals surface area contributed by atoms with Crippen LogP contribution < -0.4 is 0 Å². The van der Waals surface area contributed by atoms with E-state index in [4.69, 9.17) is 0 Å². The SMILES string of the molecule is Cc1ncsc1/C=C/c1c(F)c(F)c(F)c(F)c1F. The van der Waals surface area contributed by atoms with Crippen LogP contribution in [0.15, 0.2) is 5.51 Å². The fourth-order valence-corrected chi connectivity index (χ4v) is 2.09. The molecular weight excluding hydrogens is 285 g/mol. The second-order valence-electron chi connectivity index (χ2n) is 3.62. The maximum Gasteiger partial charge on any atom is 0.200 e. The molecule has 0 N–H and O–H groups in total. The van der Waals surface area contributed by atoms with Crippen LogP contribution in [0.3, 0.4) is 0 Å². The summed E-state index contributed by atoms with van der Waals surface area (Å²) in [5, 5.41) is 0. The van der Waals surface area contributed by atoms with Gasteiger partial charge < -0.3 is 0 Å². The molecule has 0 saturated carbocycles. The average Bonchev–Trinajstić information content (AvgIpc) is 2.80. The summed E-state index contributed by atoms with van der Waals surface area (Å²) in [6.45, 7) is 1.66. The molecule has 1 aromatic carbocycles. The molecule has 2 aromatic rings. The molecule has 0 saturated heterocycles. The second kappa shape index (κ2) is 5.08. The van der Waals surface area contributed by atoms with Crippen molar-refractivity contribution in [3.63, 3.8) is 0 Å². The largest absolute Gasteiger partial charge is 0.249 e. The molecule has 0 unspecified atom stereocenters. The van der Waals surface area contributed by atoms with Gasteiger partial charge in [0.05, 0.1) is 16.8 Å². The molecule has 19 heavy (non-hydrogen) atoms. The normalized spacial score (nSPS) is 11.5. The summed E-state index contributed by atoms with van der Waals surface area (Å²) in [4.78, 5) is 4.47. The zero-order chi connectivity index (χ0) is 14.2. The molecule has 0 spiro atoms. The lowest BCUT2D eigenvalue weighted by molar-refractivity contribution is 0.377. The van der Waals surface area contributed by atoms with Gasteiger partial charge in [0.1, 0.15) is 0 Å². The Kier molecular flexibility index (Phi) is 3.66. The highest BCUT2D eigenvalue weighted by molar-refractivity contribution is 7.10. The molecule has 0 radical (unpaired) electrons. The highest BCUT2D eigenvalue weighted by Gasteiger charge is 2.24. The first kappa shape index (κ1) is 13.7. The summed E-state index contributed by atoms with van der Waals surface area (Å²) in [6.07, 6.45) is 2.10. The van der Waals surface area contributed by atoms with Crippen molar-refractivity contribution in [3.8, 4) is 0 Å². The lowest BCUT2D eigenvalue weighted by atomic mass is 10.1. The van der Waals surface area contributed by atoms with E-state index in [1.54, 1.807) is 6.92 Å². The van der Waals surface area contributed by atoms with Gasteiger partial charge in [-0.15, -0.1) is 11.3 Å². The van der Waals surface area contributed by atoms with E-state index in [1.807, 2.05) is 0 Å². The van der Waals surface area contributed by atoms with Crippen molar-refractivity contribution in [2.24, 2.45) is 0 Å². The Morgan fingerprint density at radius 2 is 1.42 bits per heavy atom. The summed E-state index contributed by atoms with van der Waals surface area (Å²) in [5.41, 5.74) is 1.14. The van der Waals surface area contributed by atoms with E-state index in [0.717, 1.165) is 6.08 Å². The maximum atomic E-state index is 13.3. The fourth-order valence-electron chi connectivity index (χ4n) is 1.40. The van der Waals surface area contributed by atoms with Gasteiger partial charge in [-0.2, -0.15) is 0 Å². The van der Waals surface area contributed by atoms with Crippen LogP contribution in [0.1, 0.15) is 16.1 Å². The number of thiazole rings is 1. The van der Waals surface area contributed by atoms with Gasteiger partial charge in [-0.05, 0) is 19.1 Å². The molecule has 0 aliphatic rings. The molecule has 0 bridgehead atoms. The Hall–Kier alpha value is -1.76. The van der Waals surface area contributed by atoms with Crippen LogP contribution in [-0.2, 0) is 0 Å². The number of hydrogen-bond donors (Lipinski definition) is 0. The van der Waals surface area contributed by atoms with E-state index in [1.165, 1.54) is 22.9 Å². The van der Waals surface area contributed by atoms with Crippen LogP contribution in [0.2, 0.25) is 0 Å². The maximum absolute atomic E-state index is 13.3. The third kappa shape index (κ3) is 2.37. The van der Waals surface area contributed by atoms with Crippen molar-refractivity contribution in [3.05, 3.63) is 50.7 Å². The molecule has 1 aromatic heterocycles. The summed E-state index contributed by atoms with van der Waals surface area (Å²) < 4.78 is 65.4. The van der Waals surface area contributed by atoms with E-state index in [9.17, 15) is 22.0 Å². The average molecular weight is 291 g/mol. The number of halogens is 5. The number of rotatable bonds is 2. The number of aryl methyl sites for hydroxylation is 1. The van der Waals surface area contributed by atoms with E-state index in [-0.39, 0.29) is 0 Å². The van der Waals surface area contributed by atoms with Gasteiger partial charge in [-0.25, -0.2) is 26.9 Å². The molecule has 2 rings (SSSR count). The second-order valence-corrected chi connectivity index (χ2v) is 4.51. The van der Waals surface area contributed by atoms with Crippen molar-refractivity contribution in [1.29, 1.82) is 0 Å². The Bertz CT molecular complexity index is 633. The summed E-state index contributed by atoms with van der Waals surface area (Å²) in [6, 6.07) is 0. The monoisotopic (exact) mass is 291 g/mol. The molecule has 1 heterocycles. The Morgan fingerprint density at radius 3 is 1.89 bits per heavy atom. The third-order valence-corrected chi connectivity index (χ3v) is 3.32. The van der Waals surface area contributed by atoms with Crippen LogP contribution in [0.25, 0.3) is 12.2 Å². The van der Waals surface area contributed by atoms with Crippen molar-refractivity contribution < 1.29 is 22.0 Å². The third-order valence-electron chi connectivity index (χ3n) is 2.43. The molecule has 100 valence electrons. The molecule has 1 nitrogen and oxygen atoms in total. The van der Waals surface area contributed by atoms with Crippen molar-refractivity contribution >= 4 is 23.5 Å². The highest BCUT2D eigenvalue weighted by atomic mass is 32.1. The first-order chi connectivity index (χ1) is 8.93. The number of nitrogens with zero attached hydrogens (tertiary/aromatic N) is 1. The molecule has 0 atom stereocenters. The zero-order valence-corrected chi connectivity index (χ0v) is 10.3. The van der Waals surface area contributed by atoms with E-state index in [2.05, 4.69) is 4.98 Å². The van der Waals surface area contributed by atoms with Gasteiger partial charge in [-0.3, -0.25) is 0 Å². The van der Waals surface area contributed by atoms with Crippen LogP contribution in [0.4, 0.5) is 22.0 Å². The van der Waals surface area contributed by atoms with Gasteiger partial charge in [0.2, 0.25) is 5.82 Å². The van der Waals surface area contributed by atoms with E-state index in [0.29, 0.717) is 10.6 Å². The van der Waals surface area contributed by atoms with Gasteiger partial charge in [0.15, 0.2) is 23.3 Å². The first-order valence-electron chi connectivity index (χ1n) is 5.03. The van der Waals surface area contributed by atoms with E-state index < -0.39 is 34.6 Å². The van der Waals surface area contributed by atoms with Crippen LogP contribution in [0, 0.1) is 36.0 Å². The lowest BCUT2D eigenvalue weighted by Gasteiger charge is -2.03. The van der Waals surface area contributed by atoms with E-state index >= 15 is 0 Å². The van der Waals surface area contributed by atoms with Gasteiger partial charge in [-0.1, -0.05) is 0 Å². The number of hydrogen-bond acceptors (Lipinski definition) is 2. The quantitative estimate of drug-likeness (QED) is 0.456. The molecule has 0 aliphatic heterocycles. The minimum Gasteiger partial charge on any atom is -0.249 e. The van der Waals surface area contributed by atoms with Gasteiger partial charge >= 0.3 is 0 Å². The predicted octanol–water partition coefficient (Wildman–Crippen LogP) is 4.32. The summed E-state index contributed by atoms with van der Waals surface area (Å²) >= 11 is 1.19. The Labute approximate surface area is 109 Å². The van der Waals surface area contributed by atoms with Crippen molar-refractivity contribution in [1.82, 2.24) is 4.98 Å². The Morgan fingerprint density at radius 1 is 0.895 bits per heavy atom. The lowest BCUT2D eigenvalue weighted by Crippen LogP contribution is -2.03. The zero-order valence-electron chi connectivity index (χ0n) is 9.48. The van der Waals surface area contributed by atoms with Crippen LogP contribution in [-0.4, -0.2) is 4.98 Å². The highest BCUT2D eigenvalue weighted by Crippen LogP contribution is 2.25.